The fourth-order valence-electron chi connectivity index (χ4n) is 1.96. The topological polar surface area (TPSA) is 58.2 Å². The van der Waals surface area contributed by atoms with Crippen molar-refractivity contribution in [1.29, 1.82) is 0 Å². The van der Waals surface area contributed by atoms with E-state index in [1.54, 1.807) is 30.3 Å². The molecule has 0 unspecified atom stereocenters. The molecular weight excluding hydrogens is 355 g/mol. The van der Waals surface area contributed by atoms with Crippen molar-refractivity contribution in [3.8, 4) is 0 Å². The summed E-state index contributed by atoms with van der Waals surface area (Å²) in [5.74, 6) is -0.948. The van der Waals surface area contributed by atoms with Gasteiger partial charge in [0.25, 0.3) is 11.8 Å². The lowest BCUT2D eigenvalue weighted by Crippen LogP contribution is -2.21. The molecule has 0 aromatic heterocycles. The molecule has 4 nitrogen and oxygen atoms in total. The van der Waals surface area contributed by atoms with E-state index in [0.717, 1.165) is 4.90 Å². The van der Waals surface area contributed by atoms with Gasteiger partial charge in [0, 0.05) is 15.6 Å². The first-order chi connectivity index (χ1) is 11.0. The molecule has 0 atom stereocenters. The van der Waals surface area contributed by atoms with Crippen LogP contribution in [-0.4, -0.2) is 11.8 Å². The number of amides is 2. The van der Waals surface area contributed by atoms with Crippen LogP contribution in [0.15, 0.2) is 63.4 Å². The Bertz CT molecular complexity index is 819. The van der Waals surface area contributed by atoms with Crippen LogP contribution in [0.5, 0.6) is 0 Å². The van der Waals surface area contributed by atoms with Gasteiger partial charge in [-0.05, 0) is 36.4 Å². The number of fused-ring (bicyclic) bond motifs is 1. The highest BCUT2D eigenvalue weighted by molar-refractivity contribution is 8.04. The van der Waals surface area contributed by atoms with Crippen LogP contribution in [0, 0.1) is 0 Å². The third-order valence-electron chi connectivity index (χ3n) is 3.05. The zero-order valence-electron chi connectivity index (χ0n) is 11.6. The SMILES string of the molecule is O=C(Nc1ccc(Cl)cc1)C(Cl)=C1Sc2ccccc2NC1=O. The Morgan fingerprint density at radius 3 is 2.52 bits per heavy atom. The number of benzene rings is 2. The normalized spacial score (nSPS) is 15.5. The molecule has 0 saturated heterocycles. The van der Waals surface area contributed by atoms with Crippen LogP contribution < -0.4 is 10.6 Å². The Balaban J connectivity index is 1.84. The highest BCUT2D eigenvalue weighted by Crippen LogP contribution is 2.40. The standard InChI is InChI=1S/C16H10Cl2N2O2S/c17-9-5-7-10(8-6-9)19-15(21)13(18)14-16(22)20-11-3-1-2-4-12(11)23-14/h1-8H,(H,19,21)(H,20,22). The molecule has 2 aromatic rings. The van der Waals surface area contributed by atoms with E-state index < -0.39 is 11.8 Å². The molecule has 23 heavy (non-hydrogen) atoms. The number of rotatable bonds is 2. The summed E-state index contributed by atoms with van der Waals surface area (Å²) >= 11 is 13.1. The summed E-state index contributed by atoms with van der Waals surface area (Å²) in [6, 6.07) is 13.9. The van der Waals surface area contributed by atoms with E-state index >= 15 is 0 Å². The zero-order chi connectivity index (χ0) is 16.4. The summed E-state index contributed by atoms with van der Waals surface area (Å²) in [6.45, 7) is 0. The number of thioether (sulfide) groups is 1. The van der Waals surface area contributed by atoms with Crippen molar-refractivity contribution in [1.82, 2.24) is 0 Å². The van der Waals surface area contributed by atoms with Crippen molar-refractivity contribution >= 4 is 58.2 Å². The summed E-state index contributed by atoms with van der Waals surface area (Å²) in [5.41, 5.74) is 1.24. The lowest BCUT2D eigenvalue weighted by molar-refractivity contribution is -0.114. The van der Waals surface area contributed by atoms with Crippen LogP contribution >= 0.6 is 35.0 Å². The van der Waals surface area contributed by atoms with Crippen LogP contribution in [0.2, 0.25) is 5.02 Å². The molecular formula is C16H10Cl2N2O2S. The summed E-state index contributed by atoms with van der Waals surface area (Å²) in [4.78, 5) is 25.4. The van der Waals surface area contributed by atoms with Crippen LogP contribution in [0.25, 0.3) is 0 Å². The molecule has 1 heterocycles. The first-order valence-electron chi connectivity index (χ1n) is 6.59. The van der Waals surface area contributed by atoms with Gasteiger partial charge in [-0.25, -0.2) is 0 Å². The van der Waals surface area contributed by atoms with Gasteiger partial charge in [0.2, 0.25) is 0 Å². The van der Waals surface area contributed by atoms with Gasteiger partial charge in [0.15, 0.2) is 0 Å². The molecule has 0 saturated carbocycles. The Labute approximate surface area is 146 Å². The van der Waals surface area contributed by atoms with Crippen molar-refractivity contribution in [2.45, 2.75) is 4.90 Å². The quantitative estimate of drug-likeness (QED) is 0.772. The summed E-state index contributed by atoms with van der Waals surface area (Å²) in [5, 5.41) is 5.75. The lowest BCUT2D eigenvalue weighted by atomic mass is 10.3. The maximum absolute atomic E-state index is 12.2. The van der Waals surface area contributed by atoms with Gasteiger partial charge in [-0.1, -0.05) is 47.1 Å². The fourth-order valence-corrected chi connectivity index (χ4v) is 3.26. The second-order valence-electron chi connectivity index (χ2n) is 4.66. The van der Waals surface area contributed by atoms with Crippen molar-refractivity contribution in [3.63, 3.8) is 0 Å². The Hall–Kier alpha value is -1.95. The molecule has 7 heteroatoms. The van der Waals surface area contributed by atoms with E-state index in [4.69, 9.17) is 23.2 Å². The number of anilines is 2. The molecule has 0 fully saturated rings. The van der Waals surface area contributed by atoms with E-state index in [2.05, 4.69) is 10.6 Å². The third kappa shape index (κ3) is 3.52. The Morgan fingerprint density at radius 2 is 1.78 bits per heavy atom. The predicted molar refractivity (Wildman–Crippen MR) is 93.9 cm³/mol. The van der Waals surface area contributed by atoms with E-state index in [0.29, 0.717) is 16.4 Å². The number of hydrogen-bond donors (Lipinski definition) is 2. The monoisotopic (exact) mass is 364 g/mol. The maximum atomic E-state index is 12.2. The number of hydrogen-bond acceptors (Lipinski definition) is 3. The smallest absolute Gasteiger partial charge is 0.268 e. The molecule has 116 valence electrons. The first-order valence-corrected chi connectivity index (χ1v) is 8.17. The van der Waals surface area contributed by atoms with Crippen LogP contribution in [0.1, 0.15) is 0 Å². The van der Waals surface area contributed by atoms with Gasteiger partial charge in [-0.3, -0.25) is 9.59 Å². The van der Waals surface area contributed by atoms with E-state index in [-0.39, 0.29) is 9.94 Å². The fraction of sp³-hybridized carbons (Fsp3) is 0. The minimum absolute atomic E-state index is 0.156. The van der Waals surface area contributed by atoms with Crippen LogP contribution in [-0.2, 0) is 9.59 Å². The lowest BCUT2D eigenvalue weighted by Gasteiger charge is -2.19. The number of nitrogens with one attached hydrogen (secondary N) is 2. The molecule has 1 aliphatic heterocycles. The Morgan fingerprint density at radius 1 is 1.09 bits per heavy atom. The molecule has 2 aromatic carbocycles. The van der Waals surface area contributed by atoms with Gasteiger partial charge < -0.3 is 10.6 Å². The van der Waals surface area contributed by atoms with Crippen molar-refractivity contribution in [2.75, 3.05) is 10.6 Å². The van der Waals surface area contributed by atoms with Crippen molar-refractivity contribution in [2.24, 2.45) is 0 Å². The maximum Gasteiger partial charge on any atom is 0.268 e. The summed E-state index contributed by atoms with van der Waals surface area (Å²) < 4.78 is 0. The van der Waals surface area contributed by atoms with E-state index in [9.17, 15) is 9.59 Å². The molecule has 0 aliphatic carbocycles. The minimum Gasteiger partial charge on any atom is -0.321 e. The molecule has 1 aliphatic rings. The molecule has 2 N–H and O–H groups in total. The predicted octanol–water partition coefficient (Wildman–Crippen LogP) is 4.47. The van der Waals surface area contributed by atoms with E-state index in [1.165, 1.54) is 11.8 Å². The number of carbonyl (C=O) groups excluding carboxylic acids is 2. The Kier molecular flexibility index (Phi) is 4.61. The second-order valence-corrected chi connectivity index (χ2v) is 6.52. The van der Waals surface area contributed by atoms with Gasteiger partial charge in [0.1, 0.15) is 9.94 Å². The van der Waals surface area contributed by atoms with Gasteiger partial charge in [-0.2, -0.15) is 0 Å². The average Bonchev–Trinajstić information content (AvgIpc) is 2.55. The summed E-state index contributed by atoms with van der Waals surface area (Å²) in [7, 11) is 0. The average molecular weight is 365 g/mol. The number of halogens is 2. The van der Waals surface area contributed by atoms with Crippen molar-refractivity contribution in [3.05, 3.63) is 63.5 Å². The molecule has 3 rings (SSSR count). The van der Waals surface area contributed by atoms with Gasteiger partial charge >= 0.3 is 0 Å². The number of para-hydroxylation sites is 1. The van der Waals surface area contributed by atoms with Gasteiger partial charge in [-0.15, -0.1) is 0 Å². The first kappa shape index (κ1) is 15.9. The summed E-state index contributed by atoms with van der Waals surface area (Å²) in [6.07, 6.45) is 0. The highest BCUT2D eigenvalue weighted by Gasteiger charge is 2.26. The molecule has 0 bridgehead atoms. The minimum atomic E-state index is -0.550. The zero-order valence-corrected chi connectivity index (χ0v) is 13.9. The highest BCUT2D eigenvalue weighted by atomic mass is 35.5. The molecule has 0 spiro atoms. The second kappa shape index (κ2) is 6.66. The van der Waals surface area contributed by atoms with Crippen LogP contribution in [0.4, 0.5) is 11.4 Å². The molecule has 2 amide bonds. The largest absolute Gasteiger partial charge is 0.321 e. The number of carbonyl (C=O) groups is 2. The van der Waals surface area contributed by atoms with Gasteiger partial charge in [0.05, 0.1) is 5.69 Å². The third-order valence-corrected chi connectivity index (χ3v) is 4.95. The van der Waals surface area contributed by atoms with Crippen LogP contribution in [0.3, 0.4) is 0 Å². The van der Waals surface area contributed by atoms with Crippen molar-refractivity contribution < 1.29 is 9.59 Å². The molecule has 0 radical (unpaired) electrons. The van der Waals surface area contributed by atoms with E-state index in [1.807, 2.05) is 18.2 Å².